The molecule has 1 aliphatic rings. The largest absolute Gasteiger partial charge is 0.492 e. The number of hydrogen-bond acceptors (Lipinski definition) is 7. The smallest absolute Gasteiger partial charge is 0.277 e. The summed E-state index contributed by atoms with van der Waals surface area (Å²) in [6.45, 7) is 7.81. The van der Waals surface area contributed by atoms with Crippen LogP contribution in [0.2, 0.25) is 0 Å². The lowest BCUT2D eigenvalue weighted by molar-refractivity contribution is 0.0371. The number of para-hydroxylation sites is 1. The summed E-state index contributed by atoms with van der Waals surface area (Å²) >= 11 is 0. The first-order valence-electron chi connectivity index (χ1n) is 13.7. The van der Waals surface area contributed by atoms with Gasteiger partial charge in [0.2, 0.25) is 0 Å². The van der Waals surface area contributed by atoms with Crippen molar-refractivity contribution >= 4 is 16.8 Å². The average molecular weight is 530 g/mol. The number of aromatic amines is 1. The van der Waals surface area contributed by atoms with Crippen LogP contribution in [0.5, 0.6) is 5.75 Å². The SMILES string of the molecule is CCCOc1c(-c2cccc(C(=O)CN3CCOCC3)c2)cccc1-c1nc2c(CCC)nn(C)c2c(=O)[nH]1. The minimum atomic E-state index is -0.241. The summed E-state index contributed by atoms with van der Waals surface area (Å²) in [5.74, 6) is 1.13. The molecule has 1 aliphatic heterocycles. The number of aromatic nitrogens is 4. The summed E-state index contributed by atoms with van der Waals surface area (Å²) < 4.78 is 13.3. The van der Waals surface area contributed by atoms with Crippen molar-refractivity contribution in [3.05, 3.63) is 64.1 Å². The lowest BCUT2D eigenvalue weighted by Crippen LogP contribution is -2.39. The molecule has 39 heavy (non-hydrogen) atoms. The molecular weight excluding hydrogens is 494 g/mol. The molecule has 0 amide bonds. The Morgan fingerprint density at radius 3 is 2.62 bits per heavy atom. The van der Waals surface area contributed by atoms with Crippen molar-refractivity contribution in [1.82, 2.24) is 24.6 Å². The second kappa shape index (κ2) is 11.9. The number of rotatable bonds is 10. The highest BCUT2D eigenvalue weighted by molar-refractivity contribution is 5.99. The molecule has 3 heterocycles. The minimum Gasteiger partial charge on any atom is -0.492 e. The summed E-state index contributed by atoms with van der Waals surface area (Å²) in [7, 11) is 1.77. The maximum absolute atomic E-state index is 13.1. The van der Waals surface area contributed by atoms with Crippen LogP contribution in [0.1, 0.15) is 42.7 Å². The lowest BCUT2D eigenvalue weighted by Gasteiger charge is -2.25. The Bertz CT molecular complexity index is 1530. The fourth-order valence-corrected chi connectivity index (χ4v) is 5.00. The number of ketones is 1. The van der Waals surface area contributed by atoms with Crippen molar-refractivity contribution < 1.29 is 14.3 Å². The van der Waals surface area contributed by atoms with E-state index in [4.69, 9.17) is 14.5 Å². The molecule has 2 aromatic heterocycles. The third-order valence-electron chi connectivity index (χ3n) is 6.94. The van der Waals surface area contributed by atoms with E-state index < -0.39 is 0 Å². The van der Waals surface area contributed by atoms with Gasteiger partial charge in [-0.3, -0.25) is 19.2 Å². The predicted molar refractivity (Wildman–Crippen MR) is 151 cm³/mol. The van der Waals surface area contributed by atoms with Gasteiger partial charge in [0.1, 0.15) is 17.1 Å². The van der Waals surface area contributed by atoms with Crippen LogP contribution in [0.4, 0.5) is 0 Å². The van der Waals surface area contributed by atoms with Gasteiger partial charge in [0.15, 0.2) is 11.3 Å². The molecule has 204 valence electrons. The molecule has 5 rings (SSSR count). The zero-order chi connectivity index (χ0) is 27.4. The number of Topliss-reactive ketones (excluding diaryl/α,β-unsaturated/α-hetero) is 1. The molecule has 0 aliphatic carbocycles. The molecular formula is C30H35N5O4. The summed E-state index contributed by atoms with van der Waals surface area (Å²) in [4.78, 5) is 36.2. The maximum Gasteiger partial charge on any atom is 0.277 e. The van der Waals surface area contributed by atoms with Gasteiger partial charge in [-0.1, -0.05) is 50.6 Å². The van der Waals surface area contributed by atoms with E-state index in [1.807, 2.05) is 49.4 Å². The van der Waals surface area contributed by atoms with Gasteiger partial charge in [-0.15, -0.1) is 0 Å². The number of morpholine rings is 1. The van der Waals surface area contributed by atoms with Crippen LogP contribution in [0.15, 0.2) is 47.3 Å². The maximum atomic E-state index is 13.1. The van der Waals surface area contributed by atoms with Crippen molar-refractivity contribution in [3.63, 3.8) is 0 Å². The predicted octanol–water partition coefficient (Wildman–Crippen LogP) is 4.25. The highest BCUT2D eigenvalue weighted by Gasteiger charge is 2.21. The molecule has 1 saturated heterocycles. The zero-order valence-corrected chi connectivity index (χ0v) is 22.8. The fourth-order valence-electron chi connectivity index (χ4n) is 5.00. The minimum absolute atomic E-state index is 0.0717. The standard InChI is InChI=1S/C30H35N5O4/c1-4-8-24-26-27(34(3)33-24)30(37)32-29(31-26)23-12-7-11-22(28(23)39-15-5-2)20-9-6-10-21(18-20)25(36)19-35-13-16-38-17-14-35/h6-7,9-12,18H,4-5,8,13-17,19H2,1-3H3,(H,31,32,37). The van der Waals surface area contributed by atoms with E-state index in [0.717, 1.165) is 49.2 Å². The van der Waals surface area contributed by atoms with E-state index in [0.29, 0.717) is 60.1 Å². The lowest BCUT2D eigenvalue weighted by atomic mass is 9.97. The van der Waals surface area contributed by atoms with Crippen molar-refractivity contribution in [2.75, 3.05) is 39.5 Å². The molecule has 1 N–H and O–H groups in total. The van der Waals surface area contributed by atoms with Gasteiger partial charge in [0, 0.05) is 31.3 Å². The normalized spacial score (nSPS) is 14.1. The monoisotopic (exact) mass is 529 g/mol. The van der Waals surface area contributed by atoms with Gasteiger partial charge in [0.25, 0.3) is 5.56 Å². The van der Waals surface area contributed by atoms with Crippen molar-refractivity contribution in [2.45, 2.75) is 33.1 Å². The molecule has 0 saturated carbocycles. The van der Waals surface area contributed by atoms with Crippen molar-refractivity contribution in [3.8, 4) is 28.3 Å². The number of carbonyl (C=O) groups is 1. The van der Waals surface area contributed by atoms with E-state index in [-0.39, 0.29) is 11.3 Å². The summed E-state index contributed by atoms with van der Waals surface area (Å²) in [5.41, 5.74) is 4.68. The Morgan fingerprint density at radius 2 is 1.85 bits per heavy atom. The molecule has 0 bridgehead atoms. The van der Waals surface area contributed by atoms with Gasteiger partial charge >= 0.3 is 0 Å². The van der Waals surface area contributed by atoms with Crippen LogP contribution in [0.25, 0.3) is 33.5 Å². The van der Waals surface area contributed by atoms with Crippen LogP contribution in [0.3, 0.4) is 0 Å². The Morgan fingerprint density at radius 1 is 1.08 bits per heavy atom. The first-order valence-corrected chi connectivity index (χ1v) is 13.7. The molecule has 9 heteroatoms. The molecule has 4 aromatic rings. The van der Waals surface area contributed by atoms with E-state index in [2.05, 4.69) is 21.9 Å². The number of aryl methyl sites for hydroxylation is 2. The Labute approximate surface area is 227 Å². The number of hydrogen-bond donors (Lipinski definition) is 1. The zero-order valence-electron chi connectivity index (χ0n) is 22.8. The first-order chi connectivity index (χ1) is 19.0. The Balaban J connectivity index is 1.57. The molecule has 9 nitrogen and oxygen atoms in total. The first kappa shape index (κ1) is 26.8. The van der Waals surface area contributed by atoms with E-state index in [1.54, 1.807) is 11.7 Å². The molecule has 0 unspecified atom stereocenters. The van der Waals surface area contributed by atoms with Gasteiger partial charge in [-0.05, 0) is 30.5 Å². The van der Waals surface area contributed by atoms with Gasteiger partial charge in [0.05, 0.1) is 37.6 Å². The van der Waals surface area contributed by atoms with Gasteiger partial charge < -0.3 is 14.5 Å². The van der Waals surface area contributed by atoms with Crippen molar-refractivity contribution in [2.24, 2.45) is 7.05 Å². The highest BCUT2D eigenvalue weighted by Crippen LogP contribution is 2.38. The fraction of sp³-hybridized carbons (Fsp3) is 0.400. The average Bonchev–Trinajstić information content (AvgIpc) is 3.27. The highest BCUT2D eigenvalue weighted by atomic mass is 16.5. The summed E-state index contributed by atoms with van der Waals surface area (Å²) in [6.07, 6.45) is 2.45. The third-order valence-corrected chi connectivity index (χ3v) is 6.94. The van der Waals surface area contributed by atoms with Crippen LogP contribution in [0, 0.1) is 0 Å². The van der Waals surface area contributed by atoms with E-state index in [9.17, 15) is 9.59 Å². The molecule has 0 spiro atoms. The van der Waals surface area contributed by atoms with Gasteiger partial charge in [-0.2, -0.15) is 5.10 Å². The summed E-state index contributed by atoms with van der Waals surface area (Å²) in [6, 6.07) is 13.4. The van der Waals surface area contributed by atoms with Crippen LogP contribution < -0.4 is 10.3 Å². The topological polar surface area (TPSA) is 102 Å². The second-order valence-corrected chi connectivity index (χ2v) is 9.86. The molecule has 0 atom stereocenters. The molecule has 0 radical (unpaired) electrons. The molecule has 2 aromatic carbocycles. The van der Waals surface area contributed by atoms with E-state index >= 15 is 0 Å². The number of nitrogens with one attached hydrogen (secondary N) is 1. The van der Waals surface area contributed by atoms with Gasteiger partial charge in [-0.25, -0.2) is 4.98 Å². The van der Waals surface area contributed by atoms with Crippen molar-refractivity contribution in [1.29, 1.82) is 0 Å². The Hall–Kier alpha value is -3.82. The number of ether oxygens (including phenoxy) is 2. The van der Waals surface area contributed by atoms with Crippen LogP contribution in [-0.4, -0.2) is 69.9 Å². The Kier molecular flexibility index (Phi) is 8.18. The van der Waals surface area contributed by atoms with Crippen LogP contribution in [-0.2, 0) is 18.2 Å². The summed E-state index contributed by atoms with van der Waals surface area (Å²) in [5, 5.41) is 4.54. The number of benzene rings is 2. The van der Waals surface area contributed by atoms with E-state index in [1.165, 1.54) is 0 Å². The number of carbonyl (C=O) groups excluding carboxylic acids is 1. The number of H-pyrrole nitrogens is 1. The second-order valence-electron chi connectivity index (χ2n) is 9.86. The van der Waals surface area contributed by atoms with Crippen LogP contribution >= 0.6 is 0 Å². The quantitative estimate of drug-likeness (QED) is 0.307. The number of nitrogens with zero attached hydrogens (tertiary/aromatic N) is 4. The third kappa shape index (κ3) is 5.65. The molecule has 1 fully saturated rings. The number of fused-ring (bicyclic) bond motifs is 1.